The zero-order valence-corrected chi connectivity index (χ0v) is 17.5. The molecule has 1 saturated heterocycles. The van der Waals surface area contributed by atoms with Crippen molar-refractivity contribution in [3.8, 4) is 11.1 Å². The Morgan fingerprint density at radius 1 is 1.03 bits per heavy atom. The van der Waals surface area contributed by atoms with Gasteiger partial charge in [0.15, 0.2) is 5.78 Å². The number of hydrogen-bond donors (Lipinski definition) is 1. The molecule has 0 aromatic heterocycles. The maximum atomic E-state index is 13.4. The fourth-order valence-corrected chi connectivity index (χ4v) is 4.66. The molecule has 8 heteroatoms. The number of benzene rings is 2. The third-order valence-electron chi connectivity index (χ3n) is 6.40. The van der Waals surface area contributed by atoms with E-state index in [0.717, 1.165) is 16.7 Å². The van der Waals surface area contributed by atoms with Crippen LogP contribution in [0, 0.1) is 12.7 Å². The number of nitrogens with one attached hydrogen (secondary N) is 1. The lowest BCUT2D eigenvalue weighted by atomic mass is 9.75. The Labute approximate surface area is 183 Å². The first-order valence-electron chi connectivity index (χ1n) is 10.5. The van der Waals surface area contributed by atoms with Gasteiger partial charge in [0, 0.05) is 0 Å². The number of hydrogen-bond acceptors (Lipinski definition) is 3. The van der Waals surface area contributed by atoms with E-state index in [4.69, 9.17) is 4.74 Å². The molecule has 4 nitrogen and oxygen atoms in total. The SMILES string of the molecule is Cc1ccc(-c2ccc(F)cc2)cc1C1C(=O)NC2(CCC(OCC(F)(F)F)CC2)C1=O. The molecular weight excluding hydrogens is 426 g/mol. The number of amides is 1. The van der Waals surface area contributed by atoms with Crippen molar-refractivity contribution in [2.24, 2.45) is 0 Å². The van der Waals surface area contributed by atoms with E-state index in [-0.39, 0.29) is 37.3 Å². The number of rotatable bonds is 4. The molecule has 1 spiro atoms. The summed E-state index contributed by atoms with van der Waals surface area (Å²) in [4.78, 5) is 26.3. The summed E-state index contributed by atoms with van der Waals surface area (Å²) >= 11 is 0. The largest absolute Gasteiger partial charge is 0.411 e. The van der Waals surface area contributed by atoms with Gasteiger partial charge in [-0.3, -0.25) is 9.59 Å². The van der Waals surface area contributed by atoms with Crippen LogP contribution in [-0.2, 0) is 14.3 Å². The maximum absolute atomic E-state index is 13.4. The topological polar surface area (TPSA) is 55.4 Å². The third-order valence-corrected chi connectivity index (χ3v) is 6.40. The molecule has 2 aliphatic rings. The van der Waals surface area contributed by atoms with Gasteiger partial charge in [0.25, 0.3) is 0 Å². The molecule has 1 N–H and O–H groups in total. The van der Waals surface area contributed by atoms with Gasteiger partial charge < -0.3 is 10.1 Å². The van der Waals surface area contributed by atoms with E-state index in [2.05, 4.69) is 5.32 Å². The van der Waals surface area contributed by atoms with Crippen LogP contribution < -0.4 is 5.32 Å². The second-order valence-corrected chi connectivity index (χ2v) is 8.57. The number of carbonyl (C=O) groups is 2. The van der Waals surface area contributed by atoms with Crippen molar-refractivity contribution < 1.29 is 31.9 Å². The summed E-state index contributed by atoms with van der Waals surface area (Å²) in [5.41, 5.74) is 1.82. The van der Waals surface area contributed by atoms with E-state index in [1.807, 2.05) is 19.1 Å². The first kappa shape index (κ1) is 22.5. The number of ketones is 1. The van der Waals surface area contributed by atoms with Crippen molar-refractivity contribution in [1.82, 2.24) is 5.32 Å². The molecule has 0 radical (unpaired) electrons. The van der Waals surface area contributed by atoms with Gasteiger partial charge in [-0.05, 0) is 73.1 Å². The molecule has 170 valence electrons. The highest BCUT2D eigenvalue weighted by molar-refractivity contribution is 6.17. The van der Waals surface area contributed by atoms with Crippen LogP contribution in [0.15, 0.2) is 42.5 Å². The fraction of sp³-hybridized carbons (Fsp3) is 0.417. The van der Waals surface area contributed by atoms with E-state index < -0.39 is 36.3 Å². The van der Waals surface area contributed by atoms with Gasteiger partial charge in [-0.15, -0.1) is 0 Å². The minimum atomic E-state index is -4.40. The molecule has 0 bridgehead atoms. The van der Waals surface area contributed by atoms with Crippen LogP contribution in [0.1, 0.15) is 42.7 Å². The molecule has 1 heterocycles. The number of alkyl halides is 3. The third kappa shape index (κ3) is 4.41. The molecule has 1 aliphatic heterocycles. The lowest BCUT2D eigenvalue weighted by Gasteiger charge is -2.35. The summed E-state index contributed by atoms with van der Waals surface area (Å²) in [6, 6.07) is 11.4. The number of halogens is 4. The van der Waals surface area contributed by atoms with E-state index in [9.17, 15) is 27.2 Å². The molecule has 2 aromatic rings. The van der Waals surface area contributed by atoms with Gasteiger partial charge in [-0.2, -0.15) is 13.2 Å². The minimum Gasteiger partial charge on any atom is -0.369 e. The predicted octanol–water partition coefficient (Wildman–Crippen LogP) is 4.84. The summed E-state index contributed by atoms with van der Waals surface area (Å²) < 4.78 is 55.5. The van der Waals surface area contributed by atoms with E-state index >= 15 is 0 Å². The Morgan fingerprint density at radius 2 is 1.66 bits per heavy atom. The van der Waals surface area contributed by atoms with E-state index in [1.165, 1.54) is 12.1 Å². The quantitative estimate of drug-likeness (QED) is 0.537. The Balaban J connectivity index is 1.54. The van der Waals surface area contributed by atoms with Gasteiger partial charge in [-0.25, -0.2) is 4.39 Å². The van der Waals surface area contributed by atoms with Crippen molar-refractivity contribution in [2.75, 3.05) is 6.61 Å². The zero-order valence-electron chi connectivity index (χ0n) is 17.5. The van der Waals surface area contributed by atoms with E-state index in [0.29, 0.717) is 5.56 Å². The van der Waals surface area contributed by atoms with Crippen molar-refractivity contribution >= 4 is 11.7 Å². The van der Waals surface area contributed by atoms with Crippen LogP contribution in [0.2, 0.25) is 0 Å². The van der Waals surface area contributed by atoms with Crippen molar-refractivity contribution in [3.05, 3.63) is 59.4 Å². The maximum Gasteiger partial charge on any atom is 0.411 e. The van der Waals surface area contributed by atoms with Crippen LogP contribution in [0.4, 0.5) is 17.6 Å². The molecule has 2 fully saturated rings. The number of aryl methyl sites for hydroxylation is 1. The highest BCUT2D eigenvalue weighted by Crippen LogP contribution is 2.41. The smallest absolute Gasteiger partial charge is 0.369 e. The number of carbonyl (C=O) groups excluding carboxylic acids is 2. The average molecular weight is 449 g/mol. The minimum absolute atomic E-state index is 0.243. The second kappa shape index (κ2) is 8.31. The highest BCUT2D eigenvalue weighted by Gasteiger charge is 2.54. The van der Waals surface area contributed by atoms with Crippen LogP contribution >= 0.6 is 0 Å². The Kier molecular flexibility index (Phi) is 5.83. The Morgan fingerprint density at radius 3 is 2.28 bits per heavy atom. The van der Waals surface area contributed by atoms with Gasteiger partial charge >= 0.3 is 6.18 Å². The molecule has 4 rings (SSSR count). The molecule has 1 aliphatic carbocycles. The number of Topliss-reactive ketones (excluding diaryl/α,β-unsaturated/α-hetero) is 1. The van der Waals surface area contributed by atoms with Gasteiger partial charge in [0.1, 0.15) is 18.3 Å². The first-order valence-corrected chi connectivity index (χ1v) is 10.5. The van der Waals surface area contributed by atoms with Crippen LogP contribution in [0.25, 0.3) is 11.1 Å². The van der Waals surface area contributed by atoms with Crippen molar-refractivity contribution in [2.45, 2.75) is 56.3 Å². The highest BCUT2D eigenvalue weighted by atomic mass is 19.4. The zero-order chi connectivity index (χ0) is 23.1. The first-order chi connectivity index (χ1) is 15.1. The monoisotopic (exact) mass is 449 g/mol. The van der Waals surface area contributed by atoms with Crippen LogP contribution in [0.5, 0.6) is 0 Å². The van der Waals surface area contributed by atoms with Gasteiger partial charge in [0.05, 0.1) is 11.6 Å². The summed E-state index contributed by atoms with van der Waals surface area (Å²) in [7, 11) is 0. The molecular formula is C24H23F4NO3. The fourth-order valence-electron chi connectivity index (χ4n) is 4.66. The molecule has 32 heavy (non-hydrogen) atoms. The summed E-state index contributed by atoms with van der Waals surface area (Å²) in [6.07, 6.45) is -3.97. The van der Waals surface area contributed by atoms with Gasteiger partial charge in [0.2, 0.25) is 5.91 Å². The molecule has 1 saturated carbocycles. The molecule has 2 aromatic carbocycles. The average Bonchev–Trinajstić information content (AvgIpc) is 2.97. The molecule has 1 unspecified atom stereocenters. The van der Waals surface area contributed by atoms with Crippen molar-refractivity contribution in [1.29, 1.82) is 0 Å². The Bertz CT molecular complexity index is 1020. The van der Waals surface area contributed by atoms with E-state index in [1.54, 1.807) is 18.2 Å². The second-order valence-electron chi connectivity index (χ2n) is 8.57. The summed E-state index contributed by atoms with van der Waals surface area (Å²) in [6.45, 7) is 0.500. The standard InChI is InChI=1S/C24H23F4NO3/c1-14-2-3-16(15-4-6-17(25)7-5-15)12-19(14)20-21(30)23(29-22(20)31)10-8-18(9-11-23)32-13-24(26,27)28/h2-7,12,18,20H,8-11,13H2,1H3,(H,29,31). The summed E-state index contributed by atoms with van der Waals surface area (Å²) in [5, 5.41) is 2.84. The Hall–Kier alpha value is -2.74. The van der Waals surface area contributed by atoms with Crippen LogP contribution in [-0.4, -0.2) is 36.1 Å². The van der Waals surface area contributed by atoms with Crippen molar-refractivity contribution in [3.63, 3.8) is 0 Å². The number of ether oxygens (including phenoxy) is 1. The molecule has 1 amide bonds. The lowest BCUT2D eigenvalue weighted by molar-refractivity contribution is -0.189. The van der Waals surface area contributed by atoms with Gasteiger partial charge in [-0.1, -0.05) is 24.3 Å². The predicted molar refractivity (Wildman–Crippen MR) is 109 cm³/mol. The lowest BCUT2D eigenvalue weighted by Crippen LogP contribution is -2.50. The molecule has 1 atom stereocenters. The normalized spacial score (nSPS) is 25.9. The summed E-state index contributed by atoms with van der Waals surface area (Å²) in [5.74, 6) is -1.99. The van der Waals surface area contributed by atoms with Crippen LogP contribution in [0.3, 0.4) is 0 Å².